The molecule has 0 unspecified atom stereocenters. The van der Waals surface area contributed by atoms with Crippen LogP contribution in [0, 0.1) is 0 Å². The molecule has 2 rings (SSSR count). The maximum absolute atomic E-state index is 5.28. The van der Waals surface area contributed by atoms with Gasteiger partial charge in [0.05, 0.1) is 6.54 Å². The van der Waals surface area contributed by atoms with Gasteiger partial charge in [0.2, 0.25) is 0 Å². The first-order valence-corrected chi connectivity index (χ1v) is 7.45. The third-order valence-electron chi connectivity index (χ3n) is 3.13. The van der Waals surface area contributed by atoms with Crippen molar-refractivity contribution in [2.24, 2.45) is 0 Å². The summed E-state index contributed by atoms with van der Waals surface area (Å²) in [5.74, 6) is 0. The van der Waals surface area contributed by atoms with Gasteiger partial charge in [-0.1, -0.05) is 25.5 Å². The third-order valence-corrected chi connectivity index (χ3v) is 3.38. The molecule has 0 saturated heterocycles. The molecule has 0 spiro atoms. The van der Waals surface area contributed by atoms with Gasteiger partial charge in [-0.15, -0.1) is 0 Å². The van der Waals surface area contributed by atoms with Crippen molar-refractivity contribution in [3.05, 3.63) is 53.9 Å². The van der Waals surface area contributed by atoms with Gasteiger partial charge in [0.1, 0.15) is 0 Å². The molecule has 1 heterocycles. The summed E-state index contributed by atoms with van der Waals surface area (Å²) in [4.78, 5) is 3.13. The highest BCUT2D eigenvalue weighted by molar-refractivity contribution is 7.80. The topological polar surface area (TPSA) is 39.8 Å². The predicted molar refractivity (Wildman–Crippen MR) is 88.9 cm³/mol. The Morgan fingerprint density at radius 3 is 2.65 bits per heavy atom. The smallest absolute Gasteiger partial charge is 0.171 e. The summed E-state index contributed by atoms with van der Waals surface area (Å²) >= 11 is 5.28. The highest BCUT2D eigenvalue weighted by Gasteiger charge is 1.99. The van der Waals surface area contributed by atoms with Crippen LogP contribution in [-0.4, -0.2) is 10.1 Å². The van der Waals surface area contributed by atoms with E-state index >= 15 is 0 Å². The quantitative estimate of drug-likeness (QED) is 0.707. The van der Waals surface area contributed by atoms with E-state index in [1.807, 2.05) is 18.3 Å². The van der Waals surface area contributed by atoms with Gasteiger partial charge in [-0.2, -0.15) is 0 Å². The van der Waals surface area contributed by atoms with Crippen LogP contribution in [0.3, 0.4) is 0 Å². The lowest BCUT2D eigenvalue weighted by molar-refractivity contribution is 0.795. The minimum absolute atomic E-state index is 0.640. The fraction of sp³-hybridized carbons (Fsp3) is 0.312. The summed E-state index contributed by atoms with van der Waals surface area (Å²) < 4.78 is 0. The van der Waals surface area contributed by atoms with E-state index in [0.717, 1.165) is 17.8 Å². The van der Waals surface area contributed by atoms with Crippen LogP contribution in [0.4, 0.5) is 5.69 Å². The Kier molecular flexibility index (Phi) is 5.62. The Morgan fingerprint density at radius 2 is 2.00 bits per heavy atom. The van der Waals surface area contributed by atoms with Gasteiger partial charge in [0.15, 0.2) is 5.11 Å². The van der Waals surface area contributed by atoms with Crippen LogP contribution in [0.1, 0.15) is 31.0 Å². The molecule has 106 valence electrons. The molecule has 3 nitrogen and oxygen atoms in total. The molecule has 20 heavy (non-hydrogen) atoms. The number of rotatable bonds is 6. The average Bonchev–Trinajstić information content (AvgIpc) is 2.98. The molecule has 1 aromatic heterocycles. The standard InChI is InChI=1S/C16H21N3S/c1-2-3-5-13-7-9-14(10-8-13)19-16(20)18-12-15-6-4-11-17-15/h4,6-11,17H,2-3,5,12H2,1H3,(H2,18,19,20). The Hall–Kier alpha value is -1.81. The summed E-state index contributed by atoms with van der Waals surface area (Å²) in [5.41, 5.74) is 3.51. The van der Waals surface area contributed by atoms with Crippen LogP contribution in [0.2, 0.25) is 0 Å². The normalized spacial score (nSPS) is 10.2. The molecule has 1 aromatic carbocycles. The summed E-state index contributed by atoms with van der Waals surface area (Å²) in [7, 11) is 0. The van der Waals surface area contributed by atoms with Crippen LogP contribution in [-0.2, 0) is 13.0 Å². The zero-order valence-electron chi connectivity index (χ0n) is 11.8. The summed E-state index contributed by atoms with van der Waals surface area (Å²) in [6.07, 6.45) is 5.52. The van der Waals surface area contributed by atoms with Gasteiger partial charge in [-0.05, 0) is 54.9 Å². The first-order valence-electron chi connectivity index (χ1n) is 7.04. The molecule has 4 heteroatoms. The van der Waals surface area contributed by atoms with Crippen molar-refractivity contribution in [1.82, 2.24) is 10.3 Å². The second-order valence-corrected chi connectivity index (χ2v) is 5.21. The van der Waals surface area contributed by atoms with E-state index in [9.17, 15) is 0 Å². The maximum atomic E-state index is 5.28. The largest absolute Gasteiger partial charge is 0.364 e. The number of hydrogen-bond acceptors (Lipinski definition) is 1. The van der Waals surface area contributed by atoms with Crippen molar-refractivity contribution < 1.29 is 0 Å². The molecule has 2 aromatic rings. The van der Waals surface area contributed by atoms with Crippen LogP contribution >= 0.6 is 12.2 Å². The lowest BCUT2D eigenvalue weighted by Gasteiger charge is -2.10. The van der Waals surface area contributed by atoms with E-state index in [2.05, 4.69) is 46.8 Å². The van der Waals surface area contributed by atoms with Crippen molar-refractivity contribution in [2.75, 3.05) is 5.32 Å². The first kappa shape index (κ1) is 14.6. The Bertz CT molecular complexity index is 517. The molecule has 0 saturated carbocycles. The number of unbranched alkanes of at least 4 members (excludes halogenated alkanes) is 1. The van der Waals surface area contributed by atoms with Crippen molar-refractivity contribution in [1.29, 1.82) is 0 Å². The Labute approximate surface area is 125 Å². The van der Waals surface area contributed by atoms with E-state index in [4.69, 9.17) is 12.2 Å². The van der Waals surface area contributed by atoms with E-state index in [1.165, 1.54) is 18.4 Å². The van der Waals surface area contributed by atoms with Crippen LogP contribution < -0.4 is 10.6 Å². The van der Waals surface area contributed by atoms with Crippen LogP contribution in [0.5, 0.6) is 0 Å². The molecule has 0 radical (unpaired) electrons. The van der Waals surface area contributed by atoms with Gasteiger partial charge in [0, 0.05) is 17.6 Å². The fourth-order valence-corrected chi connectivity index (χ4v) is 2.15. The van der Waals surface area contributed by atoms with E-state index in [0.29, 0.717) is 11.7 Å². The Morgan fingerprint density at radius 1 is 1.20 bits per heavy atom. The molecule has 0 fully saturated rings. The first-order chi connectivity index (χ1) is 9.78. The number of benzene rings is 1. The molecule has 0 amide bonds. The number of aromatic nitrogens is 1. The van der Waals surface area contributed by atoms with Gasteiger partial charge < -0.3 is 15.6 Å². The fourth-order valence-electron chi connectivity index (χ4n) is 1.96. The molecular weight excluding hydrogens is 266 g/mol. The van der Waals surface area contributed by atoms with Gasteiger partial charge in [0.25, 0.3) is 0 Å². The molecule has 0 atom stereocenters. The third kappa shape index (κ3) is 4.70. The number of nitrogens with one attached hydrogen (secondary N) is 3. The van der Waals surface area contributed by atoms with Crippen LogP contribution in [0.15, 0.2) is 42.6 Å². The van der Waals surface area contributed by atoms with Crippen molar-refractivity contribution >= 4 is 23.0 Å². The zero-order valence-corrected chi connectivity index (χ0v) is 12.6. The minimum atomic E-state index is 0.640. The number of aryl methyl sites for hydroxylation is 1. The molecule has 0 aliphatic heterocycles. The molecule has 3 N–H and O–H groups in total. The molecule has 0 aliphatic carbocycles. The van der Waals surface area contributed by atoms with Gasteiger partial charge in [-0.3, -0.25) is 0 Å². The highest BCUT2D eigenvalue weighted by atomic mass is 32.1. The van der Waals surface area contributed by atoms with Crippen LogP contribution in [0.25, 0.3) is 0 Å². The molecule has 0 aliphatic rings. The summed E-state index contributed by atoms with van der Waals surface area (Å²) in [5, 5.41) is 7.01. The number of aromatic amines is 1. The highest BCUT2D eigenvalue weighted by Crippen LogP contribution is 2.11. The molecular formula is C16H21N3S. The summed E-state index contributed by atoms with van der Waals surface area (Å²) in [6.45, 7) is 2.91. The zero-order chi connectivity index (χ0) is 14.2. The van der Waals surface area contributed by atoms with Gasteiger partial charge >= 0.3 is 0 Å². The lowest BCUT2D eigenvalue weighted by atomic mass is 10.1. The maximum Gasteiger partial charge on any atom is 0.171 e. The number of H-pyrrole nitrogens is 1. The number of thiocarbonyl (C=S) groups is 1. The van der Waals surface area contributed by atoms with Crippen molar-refractivity contribution in [3.8, 4) is 0 Å². The van der Waals surface area contributed by atoms with E-state index in [1.54, 1.807) is 0 Å². The average molecular weight is 287 g/mol. The monoisotopic (exact) mass is 287 g/mol. The van der Waals surface area contributed by atoms with Gasteiger partial charge in [-0.25, -0.2) is 0 Å². The Balaban J connectivity index is 1.78. The predicted octanol–water partition coefficient (Wildman–Crippen LogP) is 3.84. The summed E-state index contributed by atoms with van der Waals surface area (Å²) in [6, 6.07) is 12.5. The van der Waals surface area contributed by atoms with Crippen molar-refractivity contribution in [2.45, 2.75) is 32.7 Å². The number of anilines is 1. The van der Waals surface area contributed by atoms with E-state index < -0.39 is 0 Å². The SMILES string of the molecule is CCCCc1ccc(NC(=S)NCc2ccc[nH]2)cc1. The van der Waals surface area contributed by atoms with Crippen molar-refractivity contribution in [3.63, 3.8) is 0 Å². The number of hydrogen-bond donors (Lipinski definition) is 3. The molecule has 0 bridgehead atoms. The van der Waals surface area contributed by atoms with E-state index in [-0.39, 0.29) is 0 Å². The minimum Gasteiger partial charge on any atom is -0.364 e. The lowest BCUT2D eigenvalue weighted by Crippen LogP contribution is -2.27. The second kappa shape index (κ2) is 7.70. The second-order valence-electron chi connectivity index (χ2n) is 4.80.